The number of hydrogen-bond donors (Lipinski definition) is 0. The summed E-state index contributed by atoms with van der Waals surface area (Å²) >= 11 is 0. The molecular formula is C26H20N2O2. The molecule has 0 aliphatic rings. The van der Waals surface area contributed by atoms with E-state index < -0.39 is 0 Å². The molecule has 4 heteroatoms. The Kier molecular flexibility index (Phi) is 6.28. The van der Waals surface area contributed by atoms with Crippen molar-refractivity contribution < 1.29 is 9.47 Å². The largest absolute Gasteiger partial charge is 0.457 e. The van der Waals surface area contributed by atoms with Crippen LogP contribution in [0.3, 0.4) is 0 Å². The fraction of sp³-hybridized carbons (Fsp3) is 0. The molecule has 4 aromatic rings. The maximum atomic E-state index is 5.78. The number of hydrogen-bond acceptors (Lipinski definition) is 4. The van der Waals surface area contributed by atoms with Gasteiger partial charge in [-0.2, -0.15) is 0 Å². The van der Waals surface area contributed by atoms with Crippen molar-refractivity contribution in [3.8, 4) is 23.0 Å². The molecule has 0 unspecified atom stereocenters. The predicted molar refractivity (Wildman–Crippen MR) is 122 cm³/mol. The van der Waals surface area contributed by atoms with E-state index in [1.807, 2.05) is 109 Å². The van der Waals surface area contributed by atoms with Crippen molar-refractivity contribution in [3.05, 3.63) is 109 Å². The number of rotatable bonds is 7. The van der Waals surface area contributed by atoms with Gasteiger partial charge in [-0.25, -0.2) is 0 Å². The van der Waals surface area contributed by atoms with Gasteiger partial charge in [0.15, 0.2) is 0 Å². The first-order valence-corrected chi connectivity index (χ1v) is 9.58. The number of ether oxygens (including phenoxy) is 2. The summed E-state index contributed by atoms with van der Waals surface area (Å²) in [5.74, 6) is 3.15. The van der Waals surface area contributed by atoms with Crippen LogP contribution in [0.15, 0.2) is 119 Å². The normalized spacial score (nSPS) is 11.1. The summed E-state index contributed by atoms with van der Waals surface area (Å²) < 4.78 is 11.6. The smallest absolute Gasteiger partial charge is 0.127 e. The topological polar surface area (TPSA) is 43.2 Å². The van der Waals surface area contributed by atoms with Gasteiger partial charge in [-0.15, -0.1) is 0 Å². The molecule has 4 nitrogen and oxygen atoms in total. The molecule has 0 bridgehead atoms. The molecule has 146 valence electrons. The lowest BCUT2D eigenvalue weighted by atomic mass is 10.3. The van der Waals surface area contributed by atoms with E-state index in [-0.39, 0.29) is 0 Å². The summed E-state index contributed by atoms with van der Waals surface area (Å²) in [6, 6.07) is 34.5. The highest BCUT2D eigenvalue weighted by Crippen LogP contribution is 2.24. The van der Waals surface area contributed by atoms with Crippen LogP contribution in [-0.2, 0) is 0 Å². The molecule has 0 saturated heterocycles. The van der Waals surface area contributed by atoms with Gasteiger partial charge in [0, 0.05) is 12.4 Å². The minimum absolute atomic E-state index is 0.770. The minimum atomic E-state index is 0.770. The zero-order valence-corrected chi connectivity index (χ0v) is 16.3. The zero-order valence-electron chi connectivity index (χ0n) is 16.3. The van der Waals surface area contributed by atoms with Gasteiger partial charge in [0.2, 0.25) is 0 Å². The highest BCUT2D eigenvalue weighted by molar-refractivity contribution is 6.17. The fourth-order valence-electron chi connectivity index (χ4n) is 2.69. The van der Waals surface area contributed by atoms with Crippen LogP contribution in [-0.4, -0.2) is 12.4 Å². The first-order chi connectivity index (χ1) is 14.8. The van der Waals surface area contributed by atoms with Gasteiger partial charge in [0.1, 0.15) is 23.0 Å². The summed E-state index contributed by atoms with van der Waals surface area (Å²) in [5, 5.41) is 0. The third-order valence-electron chi connectivity index (χ3n) is 4.15. The Morgan fingerprint density at radius 1 is 0.400 bits per heavy atom. The number of aliphatic imine (C=N–C) groups is 2. The maximum Gasteiger partial charge on any atom is 0.127 e. The van der Waals surface area contributed by atoms with Crippen LogP contribution in [0.1, 0.15) is 0 Å². The van der Waals surface area contributed by atoms with Crippen molar-refractivity contribution in [1.29, 1.82) is 0 Å². The van der Waals surface area contributed by atoms with Crippen LogP contribution in [0.5, 0.6) is 23.0 Å². The van der Waals surface area contributed by atoms with Gasteiger partial charge >= 0.3 is 0 Å². The van der Waals surface area contributed by atoms with E-state index in [0.717, 1.165) is 34.4 Å². The summed E-state index contributed by atoms with van der Waals surface area (Å²) in [5.41, 5.74) is 1.65. The predicted octanol–water partition coefficient (Wildman–Crippen LogP) is 7.38. The molecule has 30 heavy (non-hydrogen) atoms. The summed E-state index contributed by atoms with van der Waals surface area (Å²) in [6.07, 6.45) is 3.34. The molecule has 0 radical (unpaired) electrons. The minimum Gasteiger partial charge on any atom is -0.457 e. The van der Waals surface area contributed by atoms with Gasteiger partial charge in [0.25, 0.3) is 0 Å². The van der Waals surface area contributed by atoms with Crippen molar-refractivity contribution in [2.24, 2.45) is 9.98 Å². The van der Waals surface area contributed by atoms with Crippen LogP contribution in [0.25, 0.3) is 0 Å². The number of benzene rings is 4. The van der Waals surface area contributed by atoms with E-state index in [9.17, 15) is 0 Å². The van der Waals surface area contributed by atoms with Crippen LogP contribution in [0.2, 0.25) is 0 Å². The second kappa shape index (κ2) is 9.85. The van der Waals surface area contributed by atoms with Gasteiger partial charge in [-0.3, -0.25) is 9.98 Å². The molecule has 0 aliphatic carbocycles. The SMILES string of the molecule is C(C=Nc1ccc(Oc2ccccc2)cc1)=Nc1ccc(Oc2ccccc2)cc1. The first kappa shape index (κ1) is 19.2. The molecule has 0 fully saturated rings. The summed E-state index contributed by atoms with van der Waals surface area (Å²) in [4.78, 5) is 8.78. The van der Waals surface area contributed by atoms with Crippen LogP contribution in [0.4, 0.5) is 11.4 Å². The summed E-state index contributed by atoms with van der Waals surface area (Å²) in [6.45, 7) is 0. The van der Waals surface area contributed by atoms with Crippen LogP contribution in [0, 0.1) is 0 Å². The lowest BCUT2D eigenvalue weighted by Crippen LogP contribution is -1.83. The van der Waals surface area contributed by atoms with E-state index in [4.69, 9.17) is 9.47 Å². The third kappa shape index (κ3) is 5.66. The standard InChI is InChI=1S/C26H20N2O2/c1-3-7-23(8-4-1)29-25-15-11-21(12-16-25)27-19-20-28-22-13-17-26(18-14-22)30-24-9-5-2-6-10-24/h1-20H. The average Bonchev–Trinajstić information content (AvgIpc) is 2.80. The van der Waals surface area contributed by atoms with Crippen LogP contribution >= 0.6 is 0 Å². The van der Waals surface area contributed by atoms with E-state index in [0.29, 0.717) is 0 Å². The Bertz CT molecular complexity index is 1010. The quantitative estimate of drug-likeness (QED) is 0.308. The van der Waals surface area contributed by atoms with Crippen molar-refractivity contribution in [1.82, 2.24) is 0 Å². The van der Waals surface area contributed by atoms with Crippen molar-refractivity contribution in [2.75, 3.05) is 0 Å². The highest BCUT2D eigenvalue weighted by atomic mass is 16.5. The lowest BCUT2D eigenvalue weighted by Gasteiger charge is -2.05. The molecule has 0 aliphatic heterocycles. The van der Waals surface area contributed by atoms with Crippen LogP contribution < -0.4 is 9.47 Å². The lowest BCUT2D eigenvalue weighted by molar-refractivity contribution is 0.482. The highest BCUT2D eigenvalue weighted by Gasteiger charge is 1.97. The zero-order chi connectivity index (χ0) is 20.4. The van der Waals surface area contributed by atoms with Crippen molar-refractivity contribution >= 4 is 23.8 Å². The molecule has 0 heterocycles. The van der Waals surface area contributed by atoms with E-state index >= 15 is 0 Å². The fourth-order valence-corrected chi connectivity index (χ4v) is 2.69. The van der Waals surface area contributed by atoms with Gasteiger partial charge in [0.05, 0.1) is 11.4 Å². The Balaban J connectivity index is 1.30. The van der Waals surface area contributed by atoms with Gasteiger partial charge < -0.3 is 9.47 Å². The van der Waals surface area contributed by atoms with E-state index in [2.05, 4.69) is 9.98 Å². The third-order valence-corrected chi connectivity index (χ3v) is 4.15. The molecular weight excluding hydrogens is 372 g/mol. The van der Waals surface area contributed by atoms with E-state index in [1.54, 1.807) is 12.4 Å². The first-order valence-electron chi connectivity index (χ1n) is 9.58. The maximum absolute atomic E-state index is 5.78. The van der Waals surface area contributed by atoms with Crippen molar-refractivity contribution in [3.63, 3.8) is 0 Å². The second-order valence-electron chi connectivity index (χ2n) is 6.37. The molecule has 4 rings (SSSR count). The van der Waals surface area contributed by atoms with E-state index in [1.165, 1.54) is 0 Å². The average molecular weight is 392 g/mol. The van der Waals surface area contributed by atoms with Gasteiger partial charge in [-0.05, 0) is 72.8 Å². The molecule has 0 aromatic heterocycles. The Morgan fingerprint density at radius 2 is 0.733 bits per heavy atom. The molecule has 4 aromatic carbocycles. The molecule has 0 amide bonds. The number of para-hydroxylation sites is 2. The Hall–Kier alpha value is -4.18. The number of nitrogens with zero attached hydrogens (tertiary/aromatic N) is 2. The molecule has 0 spiro atoms. The Labute approximate surface area is 175 Å². The Morgan fingerprint density at radius 3 is 1.10 bits per heavy atom. The van der Waals surface area contributed by atoms with Crippen molar-refractivity contribution in [2.45, 2.75) is 0 Å². The van der Waals surface area contributed by atoms with Gasteiger partial charge in [-0.1, -0.05) is 36.4 Å². The second-order valence-corrected chi connectivity index (χ2v) is 6.37. The molecule has 0 saturated carbocycles. The monoisotopic (exact) mass is 392 g/mol. The summed E-state index contributed by atoms with van der Waals surface area (Å²) in [7, 11) is 0. The molecule has 0 atom stereocenters. The molecule has 0 N–H and O–H groups in total.